The summed E-state index contributed by atoms with van der Waals surface area (Å²) >= 11 is 0. The van der Waals surface area contributed by atoms with Crippen LogP contribution < -0.4 is 0 Å². The number of nitrogens with zero attached hydrogens (tertiary/aromatic N) is 1. The van der Waals surface area contributed by atoms with Gasteiger partial charge in [-0.15, -0.1) is 0 Å². The van der Waals surface area contributed by atoms with E-state index in [9.17, 15) is 18.3 Å². The summed E-state index contributed by atoms with van der Waals surface area (Å²) in [6.45, 7) is 0.458. The SMILES string of the molecule is COC(=O)Cc1ccc(S(=O)(=O)N2CC[C@H](O)C2)cc1. The van der Waals surface area contributed by atoms with Crippen LogP contribution in [0.1, 0.15) is 12.0 Å². The second kappa shape index (κ2) is 5.90. The number of hydrogen-bond donors (Lipinski definition) is 1. The number of carbonyl (C=O) groups is 1. The number of ether oxygens (including phenoxy) is 1. The number of benzene rings is 1. The van der Waals surface area contributed by atoms with Gasteiger partial charge in [-0.25, -0.2) is 8.42 Å². The Balaban J connectivity index is 2.15. The van der Waals surface area contributed by atoms with Crippen LogP contribution in [0.2, 0.25) is 0 Å². The van der Waals surface area contributed by atoms with E-state index in [-0.39, 0.29) is 23.8 Å². The molecular formula is C13H17NO5S. The molecule has 1 heterocycles. The third-order valence-corrected chi connectivity index (χ3v) is 5.14. The summed E-state index contributed by atoms with van der Waals surface area (Å²) in [5.74, 6) is -0.372. The van der Waals surface area contributed by atoms with Gasteiger partial charge in [0.2, 0.25) is 10.0 Å². The molecule has 1 aliphatic heterocycles. The first-order valence-electron chi connectivity index (χ1n) is 6.27. The average molecular weight is 299 g/mol. The van der Waals surface area contributed by atoms with Crippen LogP contribution in [-0.4, -0.2) is 50.1 Å². The van der Waals surface area contributed by atoms with Gasteiger partial charge in [0.25, 0.3) is 0 Å². The van der Waals surface area contributed by atoms with E-state index in [0.717, 1.165) is 0 Å². The van der Waals surface area contributed by atoms with Crippen molar-refractivity contribution in [3.63, 3.8) is 0 Å². The fourth-order valence-electron chi connectivity index (χ4n) is 2.10. The van der Waals surface area contributed by atoms with Crippen molar-refractivity contribution in [1.29, 1.82) is 0 Å². The van der Waals surface area contributed by atoms with E-state index in [1.807, 2.05) is 0 Å². The van der Waals surface area contributed by atoms with Crippen LogP contribution in [0.5, 0.6) is 0 Å². The van der Waals surface area contributed by atoms with E-state index in [4.69, 9.17) is 0 Å². The number of β-amino-alcohol motifs (C(OH)–C–C–N with tert-alkyl or cyclic N) is 1. The Labute approximate surface area is 118 Å². The van der Waals surface area contributed by atoms with Gasteiger partial charge in [-0.1, -0.05) is 12.1 Å². The fraction of sp³-hybridized carbons (Fsp3) is 0.462. The van der Waals surface area contributed by atoms with Crippen LogP contribution in [-0.2, 0) is 26.0 Å². The number of rotatable bonds is 4. The quantitative estimate of drug-likeness (QED) is 0.801. The topological polar surface area (TPSA) is 83.9 Å². The summed E-state index contributed by atoms with van der Waals surface area (Å²) in [6.07, 6.45) is -0.0257. The van der Waals surface area contributed by atoms with Gasteiger partial charge in [0.15, 0.2) is 0 Å². The summed E-state index contributed by atoms with van der Waals surface area (Å²) in [4.78, 5) is 11.3. The van der Waals surface area contributed by atoms with Crippen molar-refractivity contribution in [2.45, 2.75) is 23.8 Å². The van der Waals surface area contributed by atoms with Crippen molar-refractivity contribution in [2.75, 3.05) is 20.2 Å². The minimum atomic E-state index is -3.57. The number of aliphatic hydroxyl groups excluding tert-OH is 1. The minimum Gasteiger partial charge on any atom is -0.469 e. The Morgan fingerprint density at radius 1 is 1.40 bits per heavy atom. The second-order valence-corrected chi connectivity index (χ2v) is 6.64. The summed E-state index contributed by atoms with van der Waals surface area (Å²) in [5, 5.41) is 9.42. The highest BCUT2D eigenvalue weighted by atomic mass is 32.2. The van der Waals surface area contributed by atoms with Gasteiger partial charge in [-0.05, 0) is 24.1 Å². The molecule has 1 aliphatic rings. The zero-order chi connectivity index (χ0) is 14.8. The molecule has 0 saturated carbocycles. The molecule has 110 valence electrons. The van der Waals surface area contributed by atoms with Crippen molar-refractivity contribution in [1.82, 2.24) is 4.31 Å². The molecule has 2 rings (SSSR count). The summed E-state index contributed by atoms with van der Waals surface area (Å²) in [5.41, 5.74) is 0.692. The molecule has 1 atom stereocenters. The Hall–Kier alpha value is -1.44. The van der Waals surface area contributed by atoms with Crippen LogP contribution >= 0.6 is 0 Å². The van der Waals surface area contributed by atoms with E-state index in [2.05, 4.69) is 4.74 Å². The molecular weight excluding hydrogens is 282 g/mol. The predicted octanol–water partition coefficient (Wildman–Crippen LogP) is 0.157. The lowest BCUT2D eigenvalue weighted by molar-refractivity contribution is -0.139. The van der Waals surface area contributed by atoms with Crippen LogP contribution in [0.4, 0.5) is 0 Å². The first kappa shape index (κ1) is 15.0. The summed E-state index contributed by atoms with van der Waals surface area (Å²) < 4.78 is 30.4. The molecule has 1 fully saturated rings. The van der Waals surface area contributed by atoms with Crippen LogP contribution in [0.3, 0.4) is 0 Å². The summed E-state index contributed by atoms with van der Waals surface area (Å²) in [7, 11) is -2.26. The molecule has 0 unspecified atom stereocenters. The Bertz CT molecular complexity index is 581. The molecule has 6 nitrogen and oxygen atoms in total. The Morgan fingerprint density at radius 2 is 2.05 bits per heavy atom. The van der Waals surface area contributed by atoms with Gasteiger partial charge in [-0.2, -0.15) is 4.31 Å². The number of aliphatic hydroxyl groups is 1. The molecule has 0 spiro atoms. The lowest BCUT2D eigenvalue weighted by atomic mass is 10.2. The molecule has 20 heavy (non-hydrogen) atoms. The van der Waals surface area contributed by atoms with Crippen molar-refractivity contribution in [3.8, 4) is 0 Å². The molecule has 7 heteroatoms. The van der Waals surface area contributed by atoms with Gasteiger partial charge >= 0.3 is 5.97 Å². The van der Waals surface area contributed by atoms with Crippen molar-refractivity contribution < 1.29 is 23.1 Å². The molecule has 1 N–H and O–H groups in total. The number of hydrogen-bond acceptors (Lipinski definition) is 5. The molecule has 1 saturated heterocycles. The molecule has 0 radical (unpaired) electrons. The Morgan fingerprint density at radius 3 is 2.55 bits per heavy atom. The van der Waals surface area contributed by atoms with Gasteiger partial charge in [0.1, 0.15) is 0 Å². The number of sulfonamides is 1. The lowest BCUT2D eigenvalue weighted by Gasteiger charge is -2.15. The highest BCUT2D eigenvalue weighted by Crippen LogP contribution is 2.21. The largest absolute Gasteiger partial charge is 0.469 e. The van der Waals surface area contributed by atoms with Gasteiger partial charge in [0.05, 0.1) is 24.5 Å². The molecule has 1 aromatic carbocycles. The molecule has 0 bridgehead atoms. The number of carbonyl (C=O) groups excluding carboxylic acids is 1. The maximum Gasteiger partial charge on any atom is 0.309 e. The zero-order valence-corrected chi connectivity index (χ0v) is 12.0. The van der Waals surface area contributed by atoms with Gasteiger partial charge in [0, 0.05) is 13.1 Å². The maximum atomic E-state index is 12.3. The lowest BCUT2D eigenvalue weighted by Crippen LogP contribution is -2.29. The normalized spacial score (nSPS) is 20.0. The molecule has 1 aromatic rings. The zero-order valence-electron chi connectivity index (χ0n) is 11.2. The summed E-state index contributed by atoms with van der Waals surface area (Å²) in [6, 6.07) is 6.13. The van der Waals surface area contributed by atoms with Gasteiger partial charge < -0.3 is 9.84 Å². The fourth-order valence-corrected chi connectivity index (χ4v) is 3.59. The van der Waals surface area contributed by atoms with Gasteiger partial charge in [-0.3, -0.25) is 4.79 Å². The maximum absolute atomic E-state index is 12.3. The van der Waals surface area contributed by atoms with Crippen LogP contribution in [0, 0.1) is 0 Å². The average Bonchev–Trinajstić information content (AvgIpc) is 2.86. The number of esters is 1. The molecule has 0 amide bonds. The first-order valence-corrected chi connectivity index (χ1v) is 7.71. The van der Waals surface area contributed by atoms with E-state index in [1.54, 1.807) is 12.1 Å². The van der Waals surface area contributed by atoms with Crippen LogP contribution in [0.25, 0.3) is 0 Å². The van der Waals surface area contributed by atoms with Crippen molar-refractivity contribution in [3.05, 3.63) is 29.8 Å². The minimum absolute atomic E-state index is 0.110. The van der Waals surface area contributed by atoms with Crippen LogP contribution in [0.15, 0.2) is 29.2 Å². The van der Waals surface area contributed by atoms with Crippen molar-refractivity contribution in [2.24, 2.45) is 0 Å². The number of methoxy groups -OCH3 is 1. The molecule has 0 aromatic heterocycles. The molecule has 0 aliphatic carbocycles. The standard InChI is InChI=1S/C13H17NO5S/c1-19-13(16)8-10-2-4-12(5-3-10)20(17,18)14-7-6-11(15)9-14/h2-5,11,15H,6-9H2,1H3/t11-/m0/s1. The third kappa shape index (κ3) is 3.17. The first-order chi connectivity index (χ1) is 9.43. The monoisotopic (exact) mass is 299 g/mol. The highest BCUT2D eigenvalue weighted by molar-refractivity contribution is 7.89. The Kier molecular flexibility index (Phi) is 4.42. The smallest absolute Gasteiger partial charge is 0.309 e. The van der Waals surface area contributed by atoms with E-state index < -0.39 is 16.1 Å². The predicted molar refractivity (Wildman–Crippen MR) is 71.5 cm³/mol. The van der Waals surface area contributed by atoms with E-state index in [0.29, 0.717) is 18.5 Å². The van der Waals surface area contributed by atoms with E-state index >= 15 is 0 Å². The van der Waals surface area contributed by atoms with Crippen molar-refractivity contribution >= 4 is 16.0 Å². The third-order valence-electron chi connectivity index (χ3n) is 3.26. The van der Waals surface area contributed by atoms with E-state index in [1.165, 1.54) is 23.5 Å². The highest BCUT2D eigenvalue weighted by Gasteiger charge is 2.31. The second-order valence-electron chi connectivity index (χ2n) is 4.70.